The third kappa shape index (κ3) is 2.17. The number of piperidine rings is 1. The van der Waals surface area contributed by atoms with Crippen molar-refractivity contribution in [2.75, 3.05) is 6.54 Å². The number of hydrogen-bond donors (Lipinski definition) is 2. The molecule has 0 aromatic carbocycles. The van der Waals surface area contributed by atoms with Gasteiger partial charge in [-0.1, -0.05) is 5.16 Å². The Hall–Kier alpha value is -1.32. The maximum absolute atomic E-state index is 12.4. The highest BCUT2D eigenvalue weighted by atomic mass is 35.5. The Kier molecular flexibility index (Phi) is 3.97. The molecular weight excluding hydrogens is 268 g/mol. The Morgan fingerprint density at radius 3 is 2.95 bits per heavy atom. The van der Waals surface area contributed by atoms with Crippen LogP contribution < -0.4 is 5.32 Å². The molecule has 2 aliphatic heterocycles. The van der Waals surface area contributed by atoms with Crippen molar-refractivity contribution in [1.29, 1.82) is 5.26 Å². The number of oxime groups is 1. The van der Waals surface area contributed by atoms with Crippen LogP contribution in [0.2, 0.25) is 0 Å². The van der Waals surface area contributed by atoms with Crippen LogP contribution in [0.4, 0.5) is 0 Å². The molecule has 0 radical (unpaired) electrons. The lowest BCUT2D eigenvalue weighted by molar-refractivity contribution is -0.134. The molecule has 3 fully saturated rings. The van der Waals surface area contributed by atoms with Gasteiger partial charge in [0.05, 0.1) is 17.8 Å². The first-order valence-corrected chi connectivity index (χ1v) is 6.41. The summed E-state index contributed by atoms with van der Waals surface area (Å²) in [6, 6.07) is 1.78. The molecule has 7 heteroatoms. The van der Waals surface area contributed by atoms with E-state index in [1.54, 1.807) is 4.90 Å². The minimum absolute atomic E-state index is 0. The summed E-state index contributed by atoms with van der Waals surface area (Å²) in [6.45, 7) is 0.688. The molecule has 2 bridgehead atoms. The monoisotopic (exact) mass is 284 g/mol. The first kappa shape index (κ1) is 14.1. The Bertz CT molecular complexity index is 448. The van der Waals surface area contributed by atoms with Crippen molar-refractivity contribution in [1.82, 2.24) is 10.2 Å². The van der Waals surface area contributed by atoms with E-state index < -0.39 is 0 Å². The molecule has 2 heterocycles. The first-order chi connectivity index (χ1) is 8.74. The molecule has 4 atom stereocenters. The van der Waals surface area contributed by atoms with Crippen LogP contribution in [0.1, 0.15) is 25.7 Å². The van der Waals surface area contributed by atoms with Crippen LogP contribution in [0.5, 0.6) is 0 Å². The van der Waals surface area contributed by atoms with Gasteiger partial charge in [-0.3, -0.25) is 10.1 Å². The number of carbonyl (C=O) groups is 1. The van der Waals surface area contributed by atoms with E-state index in [-0.39, 0.29) is 42.4 Å². The van der Waals surface area contributed by atoms with Crippen molar-refractivity contribution >= 4 is 24.0 Å². The number of nitrogens with zero attached hydrogens (tertiary/aromatic N) is 3. The number of hydrogen-bond acceptors (Lipinski definition) is 5. The van der Waals surface area contributed by atoms with Gasteiger partial charge in [0.1, 0.15) is 6.04 Å². The zero-order valence-electron chi connectivity index (χ0n) is 10.5. The highest BCUT2D eigenvalue weighted by molar-refractivity contribution is 5.96. The molecule has 19 heavy (non-hydrogen) atoms. The van der Waals surface area contributed by atoms with Crippen LogP contribution in [0, 0.1) is 17.2 Å². The lowest BCUT2D eigenvalue weighted by atomic mass is 9.98. The van der Waals surface area contributed by atoms with Crippen molar-refractivity contribution in [2.24, 2.45) is 11.1 Å². The summed E-state index contributed by atoms with van der Waals surface area (Å²) in [5.41, 5.74) is 0.752. The summed E-state index contributed by atoms with van der Waals surface area (Å²) in [4.78, 5) is 14.1. The second kappa shape index (κ2) is 5.35. The van der Waals surface area contributed by atoms with Gasteiger partial charge in [-0.05, 0) is 31.6 Å². The summed E-state index contributed by atoms with van der Waals surface area (Å²) in [5, 5.41) is 24.3. The van der Waals surface area contributed by atoms with E-state index >= 15 is 0 Å². The molecule has 0 aromatic heterocycles. The van der Waals surface area contributed by atoms with Gasteiger partial charge < -0.3 is 10.1 Å². The fourth-order valence-corrected chi connectivity index (χ4v) is 3.43. The smallest absolute Gasteiger partial charge is 0.241 e. The molecule has 6 nitrogen and oxygen atoms in total. The zero-order chi connectivity index (χ0) is 12.7. The second-order valence-electron chi connectivity index (χ2n) is 5.31. The zero-order valence-corrected chi connectivity index (χ0v) is 11.3. The van der Waals surface area contributed by atoms with E-state index in [4.69, 9.17) is 10.5 Å². The quantitative estimate of drug-likeness (QED) is 0.542. The predicted octanol–water partition coefficient (Wildman–Crippen LogP) is 0.503. The molecular formula is C12H17ClN4O2. The van der Waals surface area contributed by atoms with Crippen LogP contribution in [-0.4, -0.2) is 46.4 Å². The first-order valence-electron chi connectivity index (χ1n) is 6.41. The largest absolute Gasteiger partial charge is 0.411 e. The van der Waals surface area contributed by atoms with Crippen LogP contribution in [0.3, 0.4) is 0 Å². The maximum Gasteiger partial charge on any atom is 0.241 e. The molecule has 3 rings (SSSR count). The van der Waals surface area contributed by atoms with Gasteiger partial charge in [-0.15, -0.1) is 12.4 Å². The third-order valence-electron chi connectivity index (χ3n) is 4.34. The molecule has 2 N–H and O–H groups in total. The SMILES string of the molecule is Cl.N#C[C@@H]1CCCN1C(=O)[C@H]1N[C@@H]2C[C@H]1C/C2=N/O. The van der Waals surface area contributed by atoms with E-state index in [0.717, 1.165) is 25.0 Å². The van der Waals surface area contributed by atoms with Crippen molar-refractivity contribution in [3.8, 4) is 6.07 Å². The summed E-state index contributed by atoms with van der Waals surface area (Å²) >= 11 is 0. The third-order valence-corrected chi connectivity index (χ3v) is 4.34. The molecule has 2 saturated heterocycles. The average Bonchev–Trinajstić information content (AvgIpc) is 3.10. The Balaban J connectivity index is 0.00000133. The minimum atomic E-state index is -0.260. The minimum Gasteiger partial charge on any atom is -0.411 e. The number of rotatable bonds is 1. The molecule has 104 valence electrons. The summed E-state index contributed by atoms with van der Waals surface area (Å²) in [6.07, 6.45) is 3.25. The molecule has 1 amide bonds. The normalized spacial score (nSPS) is 38.3. The van der Waals surface area contributed by atoms with Crippen LogP contribution in [0.25, 0.3) is 0 Å². The van der Waals surface area contributed by atoms with Gasteiger partial charge >= 0.3 is 0 Å². The number of amides is 1. The Morgan fingerprint density at radius 2 is 2.37 bits per heavy atom. The standard InChI is InChI=1S/C12H16N4O2.ClH/c13-6-8-2-1-3-16(8)12(17)11-7-4-9(14-11)10(5-7)15-18;/h7-9,11,14,18H,1-5H2;1H/b15-10-;/t7-,8-,9+,11-;/m0./s1. The van der Waals surface area contributed by atoms with Crippen molar-refractivity contribution in [3.05, 3.63) is 0 Å². The number of carbonyl (C=O) groups excluding carboxylic acids is 1. The molecule has 0 unspecified atom stereocenters. The van der Waals surface area contributed by atoms with Gasteiger partial charge in [0.2, 0.25) is 5.91 Å². The summed E-state index contributed by atoms with van der Waals surface area (Å²) in [7, 11) is 0. The van der Waals surface area contributed by atoms with E-state index in [0.29, 0.717) is 13.0 Å². The van der Waals surface area contributed by atoms with Gasteiger partial charge in [0.15, 0.2) is 0 Å². The van der Waals surface area contributed by atoms with E-state index in [2.05, 4.69) is 16.5 Å². The highest BCUT2D eigenvalue weighted by Gasteiger charge is 2.49. The average molecular weight is 285 g/mol. The van der Waals surface area contributed by atoms with Gasteiger partial charge in [-0.2, -0.15) is 5.26 Å². The lowest BCUT2D eigenvalue weighted by Crippen LogP contribution is -2.52. The van der Waals surface area contributed by atoms with Gasteiger partial charge in [0.25, 0.3) is 0 Å². The second-order valence-corrected chi connectivity index (χ2v) is 5.31. The van der Waals surface area contributed by atoms with E-state index in [1.165, 1.54) is 0 Å². The van der Waals surface area contributed by atoms with Crippen LogP contribution in [0.15, 0.2) is 5.16 Å². The van der Waals surface area contributed by atoms with Crippen LogP contribution >= 0.6 is 12.4 Å². The molecule has 0 aromatic rings. The van der Waals surface area contributed by atoms with Crippen molar-refractivity contribution in [2.45, 2.75) is 43.8 Å². The summed E-state index contributed by atoms with van der Waals surface area (Å²) in [5.74, 6) is 0.261. The molecule has 1 aliphatic carbocycles. The number of nitriles is 1. The molecule has 3 aliphatic rings. The number of fused-ring (bicyclic) bond motifs is 2. The Labute approximate surface area is 117 Å². The number of nitrogens with one attached hydrogen (secondary N) is 1. The van der Waals surface area contributed by atoms with Crippen LogP contribution in [-0.2, 0) is 4.79 Å². The Morgan fingerprint density at radius 1 is 1.58 bits per heavy atom. The highest BCUT2D eigenvalue weighted by Crippen LogP contribution is 2.35. The maximum atomic E-state index is 12.4. The van der Waals surface area contributed by atoms with Gasteiger partial charge in [-0.25, -0.2) is 0 Å². The van der Waals surface area contributed by atoms with Crippen molar-refractivity contribution < 1.29 is 10.0 Å². The van der Waals surface area contributed by atoms with Crippen molar-refractivity contribution in [3.63, 3.8) is 0 Å². The number of likely N-dealkylation sites (tertiary alicyclic amines) is 1. The molecule has 0 spiro atoms. The van der Waals surface area contributed by atoms with E-state index in [9.17, 15) is 4.79 Å². The number of halogens is 1. The van der Waals surface area contributed by atoms with E-state index in [1.807, 2.05) is 0 Å². The predicted molar refractivity (Wildman–Crippen MR) is 70.3 cm³/mol. The fourth-order valence-electron chi connectivity index (χ4n) is 3.43. The van der Waals surface area contributed by atoms with Gasteiger partial charge in [0, 0.05) is 12.6 Å². The topological polar surface area (TPSA) is 88.7 Å². The molecule has 1 saturated carbocycles. The lowest BCUT2D eigenvalue weighted by Gasteiger charge is -2.28. The summed E-state index contributed by atoms with van der Waals surface area (Å²) < 4.78 is 0. The fraction of sp³-hybridized carbons (Fsp3) is 0.750.